The fourth-order valence-corrected chi connectivity index (χ4v) is 2.77. The molecule has 0 saturated heterocycles. The lowest BCUT2D eigenvalue weighted by molar-refractivity contribution is 0.0983. The molecule has 132 valence electrons. The Morgan fingerprint density at radius 2 is 1.88 bits per heavy atom. The highest BCUT2D eigenvalue weighted by atomic mass is 35.5. The summed E-state index contributed by atoms with van der Waals surface area (Å²) in [6.07, 6.45) is 1.57. The molecule has 1 heterocycles. The van der Waals surface area contributed by atoms with E-state index in [1.165, 1.54) is 0 Å². The number of carbonyl (C=O) groups is 1. The van der Waals surface area contributed by atoms with Gasteiger partial charge in [-0.05, 0) is 49.7 Å². The number of halogens is 1. The number of benzene rings is 2. The second kappa shape index (κ2) is 7.97. The normalized spacial score (nSPS) is 10.4. The van der Waals surface area contributed by atoms with Crippen molar-refractivity contribution >= 4 is 34.8 Å². The summed E-state index contributed by atoms with van der Waals surface area (Å²) in [6, 6.07) is 16.7. The number of hydrogen-bond acceptors (Lipinski definition) is 4. The monoisotopic (exact) mass is 366 g/mol. The number of hydrogen-bond donors (Lipinski definition) is 1. The van der Waals surface area contributed by atoms with Gasteiger partial charge in [-0.25, -0.2) is 9.97 Å². The van der Waals surface area contributed by atoms with E-state index in [1.807, 2.05) is 62.4 Å². The van der Waals surface area contributed by atoms with Gasteiger partial charge >= 0.3 is 0 Å². The first-order valence-electron chi connectivity index (χ1n) is 8.32. The molecule has 1 N–H and O–H groups in total. The largest absolute Gasteiger partial charge is 0.324 e. The number of carbonyl (C=O) groups excluding carboxylic acids is 1. The van der Waals surface area contributed by atoms with Crippen LogP contribution in [0, 0.1) is 6.92 Å². The quantitative estimate of drug-likeness (QED) is 0.701. The molecule has 2 aromatic carbocycles. The third-order valence-corrected chi connectivity index (χ3v) is 4.43. The minimum atomic E-state index is -0.174. The third-order valence-electron chi connectivity index (χ3n) is 4.02. The van der Waals surface area contributed by atoms with Crippen LogP contribution in [0.3, 0.4) is 0 Å². The van der Waals surface area contributed by atoms with E-state index < -0.39 is 0 Å². The van der Waals surface area contributed by atoms with Crippen molar-refractivity contribution in [2.45, 2.75) is 13.8 Å². The van der Waals surface area contributed by atoms with Crippen LogP contribution in [0.4, 0.5) is 17.3 Å². The number of nitrogens with zero attached hydrogens (tertiary/aromatic N) is 3. The van der Waals surface area contributed by atoms with Crippen molar-refractivity contribution in [2.24, 2.45) is 0 Å². The Balaban J connectivity index is 1.86. The maximum atomic E-state index is 12.9. The van der Waals surface area contributed by atoms with E-state index in [9.17, 15) is 4.79 Å². The number of para-hydroxylation sites is 1. The first-order valence-corrected chi connectivity index (χ1v) is 8.70. The molecule has 1 amide bonds. The van der Waals surface area contributed by atoms with Crippen molar-refractivity contribution in [3.8, 4) is 0 Å². The SMILES string of the molecule is CCN(C(=O)c1ccnc(Nc2cccc(Cl)c2C)n1)c1ccccc1. The molecular formula is C20H19ClN4O. The highest BCUT2D eigenvalue weighted by Gasteiger charge is 2.18. The van der Waals surface area contributed by atoms with E-state index in [2.05, 4.69) is 15.3 Å². The van der Waals surface area contributed by atoms with Gasteiger partial charge in [0.05, 0.1) is 0 Å². The first-order chi connectivity index (χ1) is 12.6. The van der Waals surface area contributed by atoms with Gasteiger partial charge in [0.2, 0.25) is 5.95 Å². The smallest absolute Gasteiger partial charge is 0.277 e. The molecule has 0 aliphatic carbocycles. The van der Waals surface area contributed by atoms with Crippen molar-refractivity contribution in [3.05, 3.63) is 77.1 Å². The maximum Gasteiger partial charge on any atom is 0.277 e. The van der Waals surface area contributed by atoms with E-state index in [0.29, 0.717) is 23.2 Å². The molecule has 0 fully saturated rings. The molecule has 0 bridgehead atoms. The molecule has 0 atom stereocenters. The summed E-state index contributed by atoms with van der Waals surface area (Å²) in [6.45, 7) is 4.39. The van der Waals surface area contributed by atoms with Crippen molar-refractivity contribution in [1.82, 2.24) is 9.97 Å². The van der Waals surface area contributed by atoms with Crippen molar-refractivity contribution in [1.29, 1.82) is 0 Å². The summed E-state index contributed by atoms with van der Waals surface area (Å²) < 4.78 is 0. The van der Waals surface area contributed by atoms with E-state index in [1.54, 1.807) is 17.2 Å². The number of nitrogens with one attached hydrogen (secondary N) is 1. The topological polar surface area (TPSA) is 58.1 Å². The zero-order valence-corrected chi connectivity index (χ0v) is 15.4. The number of anilines is 3. The molecule has 0 unspecified atom stereocenters. The number of aromatic nitrogens is 2. The minimum Gasteiger partial charge on any atom is -0.324 e. The molecule has 6 heteroatoms. The summed E-state index contributed by atoms with van der Waals surface area (Å²) in [5, 5.41) is 3.78. The van der Waals surface area contributed by atoms with Crippen LogP contribution in [0.1, 0.15) is 23.0 Å². The lowest BCUT2D eigenvalue weighted by atomic mass is 10.2. The summed E-state index contributed by atoms with van der Waals surface area (Å²) in [4.78, 5) is 23.2. The summed E-state index contributed by atoms with van der Waals surface area (Å²) >= 11 is 6.15. The zero-order chi connectivity index (χ0) is 18.5. The van der Waals surface area contributed by atoms with Crippen LogP contribution in [0.2, 0.25) is 5.02 Å². The number of rotatable bonds is 5. The molecule has 0 aliphatic rings. The number of amides is 1. The summed E-state index contributed by atoms with van der Waals surface area (Å²) in [7, 11) is 0. The second-order valence-corrected chi connectivity index (χ2v) is 6.10. The van der Waals surface area contributed by atoms with E-state index >= 15 is 0 Å². The predicted molar refractivity (Wildman–Crippen MR) is 105 cm³/mol. The molecule has 3 rings (SSSR count). The second-order valence-electron chi connectivity index (χ2n) is 5.69. The fraction of sp³-hybridized carbons (Fsp3) is 0.150. The zero-order valence-electron chi connectivity index (χ0n) is 14.6. The lowest BCUT2D eigenvalue weighted by Crippen LogP contribution is -2.31. The van der Waals surface area contributed by atoms with Gasteiger partial charge in [-0.2, -0.15) is 0 Å². The highest BCUT2D eigenvalue weighted by Crippen LogP contribution is 2.25. The highest BCUT2D eigenvalue weighted by molar-refractivity contribution is 6.31. The van der Waals surface area contributed by atoms with Gasteiger partial charge < -0.3 is 10.2 Å². The van der Waals surface area contributed by atoms with Gasteiger partial charge in [0, 0.05) is 29.1 Å². The maximum absolute atomic E-state index is 12.9. The van der Waals surface area contributed by atoms with Crippen LogP contribution < -0.4 is 10.2 Å². The van der Waals surface area contributed by atoms with Gasteiger partial charge in [0.25, 0.3) is 5.91 Å². The average molecular weight is 367 g/mol. The van der Waals surface area contributed by atoms with Gasteiger partial charge in [-0.1, -0.05) is 35.9 Å². The molecule has 0 spiro atoms. The van der Waals surface area contributed by atoms with Crippen molar-refractivity contribution in [3.63, 3.8) is 0 Å². The first kappa shape index (κ1) is 17.9. The van der Waals surface area contributed by atoms with Crippen LogP contribution in [-0.4, -0.2) is 22.4 Å². The molecule has 3 aromatic rings. The van der Waals surface area contributed by atoms with Crippen LogP contribution in [0.25, 0.3) is 0 Å². The summed E-state index contributed by atoms with van der Waals surface area (Å²) in [5.41, 5.74) is 2.86. The van der Waals surface area contributed by atoms with E-state index in [-0.39, 0.29) is 5.91 Å². The minimum absolute atomic E-state index is 0.174. The standard InChI is InChI=1S/C20H19ClN4O/c1-3-25(15-8-5-4-6-9-15)19(26)18-12-13-22-20(24-18)23-17-11-7-10-16(21)14(17)2/h4-13H,3H2,1-2H3,(H,22,23,24). The van der Waals surface area contributed by atoms with E-state index in [4.69, 9.17) is 11.6 Å². The van der Waals surface area contributed by atoms with E-state index in [0.717, 1.165) is 16.9 Å². The van der Waals surface area contributed by atoms with Crippen LogP contribution in [-0.2, 0) is 0 Å². The predicted octanol–water partition coefficient (Wildman–Crippen LogP) is 4.85. The van der Waals surface area contributed by atoms with Crippen molar-refractivity contribution < 1.29 is 4.79 Å². The lowest BCUT2D eigenvalue weighted by Gasteiger charge is -2.20. The molecule has 0 saturated carbocycles. The fourth-order valence-electron chi connectivity index (χ4n) is 2.59. The van der Waals surface area contributed by atoms with Gasteiger partial charge in [0.15, 0.2) is 0 Å². The molecule has 1 aromatic heterocycles. The Morgan fingerprint density at radius 1 is 1.12 bits per heavy atom. The van der Waals surface area contributed by atoms with Gasteiger partial charge in [-0.15, -0.1) is 0 Å². The van der Waals surface area contributed by atoms with Crippen LogP contribution in [0.15, 0.2) is 60.8 Å². The average Bonchev–Trinajstić information content (AvgIpc) is 2.67. The summed E-state index contributed by atoms with van der Waals surface area (Å²) in [5.74, 6) is 0.178. The molecule has 26 heavy (non-hydrogen) atoms. The molecule has 0 radical (unpaired) electrons. The Bertz CT molecular complexity index is 915. The van der Waals surface area contributed by atoms with Gasteiger partial charge in [0.1, 0.15) is 5.69 Å². The molecule has 0 aliphatic heterocycles. The third kappa shape index (κ3) is 3.83. The van der Waals surface area contributed by atoms with Crippen molar-refractivity contribution in [2.75, 3.05) is 16.8 Å². The molecular weight excluding hydrogens is 348 g/mol. The Hall–Kier alpha value is -2.92. The Morgan fingerprint density at radius 3 is 2.62 bits per heavy atom. The Kier molecular flexibility index (Phi) is 5.49. The van der Waals surface area contributed by atoms with Gasteiger partial charge in [-0.3, -0.25) is 4.79 Å². The Labute approximate surface area is 157 Å². The van der Waals surface area contributed by atoms with Crippen LogP contribution >= 0.6 is 11.6 Å². The van der Waals surface area contributed by atoms with Crippen LogP contribution in [0.5, 0.6) is 0 Å². The molecule has 5 nitrogen and oxygen atoms in total.